The Morgan fingerprint density at radius 2 is 2.04 bits per heavy atom. The number of allylic oxidation sites excluding steroid dienone is 2. The highest BCUT2D eigenvalue weighted by molar-refractivity contribution is 5.78. The van der Waals surface area contributed by atoms with Gasteiger partial charge >= 0.3 is 0 Å². The van der Waals surface area contributed by atoms with Crippen molar-refractivity contribution in [1.82, 2.24) is 10.2 Å². The van der Waals surface area contributed by atoms with Gasteiger partial charge < -0.3 is 5.32 Å². The summed E-state index contributed by atoms with van der Waals surface area (Å²) in [7, 11) is 0. The molecule has 1 aromatic rings. The minimum atomic E-state index is 0.198. The number of piperidine rings is 1. The number of carbonyl (C=O) groups is 1. The lowest BCUT2D eigenvalue weighted by Crippen LogP contribution is -2.42. The summed E-state index contributed by atoms with van der Waals surface area (Å²) in [6.07, 6.45) is 9.77. The van der Waals surface area contributed by atoms with Gasteiger partial charge in [0.05, 0.1) is 0 Å². The van der Waals surface area contributed by atoms with Crippen LogP contribution in [0.25, 0.3) is 0 Å². The fourth-order valence-electron chi connectivity index (χ4n) is 3.72. The second-order valence-electron chi connectivity index (χ2n) is 6.96. The molecule has 124 valence electrons. The molecule has 0 aromatic heterocycles. The molecule has 1 aromatic carbocycles. The number of likely N-dealkylation sites (tertiary alicyclic amines) is 1. The third kappa shape index (κ3) is 4.93. The largest absolute Gasteiger partial charge is 0.356 e. The van der Waals surface area contributed by atoms with Crippen LogP contribution < -0.4 is 5.32 Å². The Bertz CT molecular complexity index is 526. The Morgan fingerprint density at radius 3 is 2.83 bits per heavy atom. The number of nitrogens with one attached hydrogen (secondary N) is 1. The van der Waals surface area contributed by atoms with Crippen LogP contribution in [0.2, 0.25) is 0 Å². The first-order valence-corrected chi connectivity index (χ1v) is 9.00. The molecule has 3 heteroatoms. The standard InChI is InChI=1S/C20H28N2O/c23-20(19-11-5-2-6-12-19)21-14-18-10-7-13-22(16-18)15-17-8-3-1-4-9-17/h1-5,8-9,18-19H,6-7,10-16H2,(H,21,23)/t18-,19-/m0/s1. The maximum Gasteiger partial charge on any atom is 0.223 e. The van der Waals surface area contributed by atoms with Crippen molar-refractivity contribution in [3.8, 4) is 0 Å². The lowest BCUT2D eigenvalue weighted by atomic mass is 9.93. The molecule has 0 unspecified atom stereocenters. The Balaban J connectivity index is 1.43. The average Bonchev–Trinajstić information content (AvgIpc) is 2.62. The van der Waals surface area contributed by atoms with Crippen LogP contribution in [0.4, 0.5) is 0 Å². The van der Waals surface area contributed by atoms with Gasteiger partial charge in [-0.25, -0.2) is 0 Å². The minimum Gasteiger partial charge on any atom is -0.356 e. The fraction of sp³-hybridized carbons (Fsp3) is 0.550. The number of benzene rings is 1. The lowest BCUT2D eigenvalue weighted by molar-refractivity contribution is -0.125. The Morgan fingerprint density at radius 1 is 1.17 bits per heavy atom. The molecule has 0 bridgehead atoms. The average molecular weight is 312 g/mol. The van der Waals surface area contributed by atoms with Crippen LogP contribution in [0.15, 0.2) is 42.5 Å². The second kappa shape index (κ2) is 8.30. The Kier molecular flexibility index (Phi) is 5.87. The summed E-state index contributed by atoms with van der Waals surface area (Å²) in [6, 6.07) is 10.7. The fourth-order valence-corrected chi connectivity index (χ4v) is 3.72. The molecule has 3 nitrogen and oxygen atoms in total. The van der Waals surface area contributed by atoms with Crippen molar-refractivity contribution in [3.05, 3.63) is 48.0 Å². The van der Waals surface area contributed by atoms with Crippen LogP contribution in [-0.2, 0) is 11.3 Å². The zero-order chi connectivity index (χ0) is 15.9. The quantitative estimate of drug-likeness (QED) is 0.846. The maximum absolute atomic E-state index is 12.3. The Labute approximate surface area is 139 Å². The first-order valence-electron chi connectivity index (χ1n) is 9.00. The SMILES string of the molecule is O=C(NC[C@@H]1CCCN(Cc2ccccc2)C1)[C@H]1CC=CCC1. The lowest BCUT2D eigenvalue weighted by Gasteiger charge is -2.33. The van der Waals surface area contributed by atoms with Gasteiger partial charge in [-0.15, -0.1) is 0 Å². The van der Waals surface area contributed by atoms with E-state index in [0.29, 0.717) is 5.92 Å². The third-order valence-electron chi connectivity index (χ3n) is 5.06. The highest BCUT2D eigenvalue weighted by Crippen LogP contribution is 2.20. The van der Waals surface area contributed by atoms with Crippen molar-refractivity contribution in [1.29, 1.82) is 0 Å². The summed E-state index contributed by atoms with van der Waals surface area (Å²) < 4.78 is 0. The molecule has 3 rings (SSSR count). The zero-order valence-electron chi connectivity index (χ0n) is 13.9. The topological polar surface area (TPSA) is 32.3 Å². The summed E-state index contributed by atoms with van der Waals surface area (Å²) >= 11 is 0. The zero-order valence-corrected chi connectivity index (χ0v) is 13.9. The number of rotatable bonds is 5. The van der Waals surface area contributed by atoms with E-state index < -0.39 is 0 Å². The van der Waals surface area contributed by atoms with Gasteiger partial charge in [-0.2, -0.15) is 0 Å². The highest BCUT2D eigenvalue weighted by atomic mass is 16.1. The van der Waals surface area contributed by atoms with Crippen molar-refractivity contribution in [2.75, 3.05) is 19.6 Å². The summed E-state index contributed by atoms with van der Waals surface area (Å²) in [6.45, 7) is 4.13. The van der Waals surface area contributed by atoms with E-state index in [-0.39, 0.29) is 11.8 Å². The first kappa shape index (κ1) is 16.3. The van der Waals surface area contributed by atoms with Crippen molar-refractivity contribution in [3.63, 3.8) is 0 Å². The number of hydrogen-bond acceptors (Lipinski definition) is 2. The van der Waals surface area contributed by atoms with Gasteiger partial charge in [0.25, 0.3) is 0 Å². The first-order chi connectivity index (χ1) is 11.3. The summed E-state index contributed by atoms with van der Waals surface area (Å²) in [4.78, 5) is 14.8. The van der Waals surface area contributed by atoms with Crippen LogP contribution in [0.3, 0.4) is 0 Å². The molecule has 1 saturated heterocycles. The normalized spacial score (nSPS) is 25.2. The molecule has 0 radical (unpaired) electrons. The molecule has 2 atom stereocenters. The van der Waals surface area contributed by atoms with Gasteiger partial charge in [0.2, 0.25) is 5.91 Å². The van der Waals surface area contributed by atoms with Crippen molar-refractivity contribution in [2.24, 2.45) is 11.8 Å². The molecule has 1 aliphatic heterocycles. The molecule has 1 N–H and O–H groups in total. The third-order valence-corrected chi connectivity index (χ3v) is 5.06. The molecule has 1 aliphatic carbocycles. The van der Waals surface area contributed by atoms with E-state index in [1.165, 1.54) is 24.9 Å². The van der Waals surface area contributed by atoms with E-state index in [2.05, 4.69) is 52.7 Å². The van der Waals surface area contributed by atoms with Gasteiger partial charge in [-0.3, -0.25) is 9.69 Å². The van der Waals surface area contributed by atoms with Crippen LogP contribution in [-0.4, -0.2) is 30.4 Å². The van der Waals surface area contributed by atoms with E-state index in [0.717, 1.165) is 38.9 Å². The van der Waals surface area contributed by atoms with Crippen LogP contribution in [0, 0.1) is 11.8 Å². The van der Waals surface area contributed by atoms with Crippen molar-refractivity contribution >= 4 is 5.91 Å². The second-order valence-corrected chi connectivity index (χ2v) is 6.96. The van der Waals surface area contributed by atoms with Gasteiger partial charge in [0.15, 0.2) is 0 Å². The van der Waals surface area contributed by atoms with Gasteiger partial charge in [-0.1, -0.05) is 42.5 Å². The molecule has 1 amide bonds. The van der Waals surface area contributed by atoms with E-state index in [9.17, 15) is 4.79 Å². The Hall–Kier alpha value is -1.61. The number of hydrogen-bond donors (Lipinski definition) is 1. The number of carbonyl (C=O) groups excluding carboxylic acids is 1. The van der Waals surface area contributed by atoms with E-state index in [1.54, 1.807) is 0 Å². The van der Waals surface area contributed by atoms with E-state index in [1.807, 2.05) is 0 Å². The summed E-state index contributed by atoms with van der Waals surface area (Å²) in [5, 5.41) is 3.21. The molecular formula is C20H28N2O. The molecule has 23 heavy (non-hydrogen) atoms. The summed E-state index contributed by atoms with van der Waals surface area (Å²) in [5.74, 6) is 1.05. The van der Waals surface area contributed by atoms with Crippen LogP contribution in [0.5, 0.6) is 0 Å². The van der Waals surface area contributed by atoms with Crippen molar-refractivity contribution in [2.45, 2.75) is 38.6 Å². The number of nitrogens with zero attached hydrogens (tertiary/aromatic N) is 1. The summed E-state index contributed by atoms with van der Waals surface area (Å²) in [5.41, 5.74) is 1.38. The smallest absolute Gasteiger partial charge is 0.223 e. The van der Waals surface area contributed by atoms with Crippen molar-refractivity contribution < 1.29 is 4.79 Å². The molecule has 1 heterocycles. The maximum atomic E-state index is 12.3. The van der Waals surface area contributed by atoms with Crippen LogP contribution in [0.1, 0.15) is 37.7 Å². The van der Waals surface area contributed by atoms with E-state index >= 15 is 0 Å². The highest BCUT2D eigenvalue weighted by Gasteiger charge is 2.23. The molecule has 0 spiro atoms. The van der Waals surface area contributed by atoms with Crippen LogP contribution >= 0.6 is 0 Å². The van der Waals surface area contributed by atoms with E-state index in [4.69, 9.17) is 0 Å². The predicted octanol–water partition coefficient (Wildman–Crippen LogP) is 3.37. The molecular weight excluding hydrogens is 284 g/mol. The van der Waals surface area contributed by atoms with Gasteiger partial charge in [0.1, 0.15) is 0 Å². The molecule has 1 fully saturated rings. The predicted molar refractivity (Wildman–Crippen MR) is 93.9 cm³/mol. The van der Waals surface area contributed by atoms with Gasteiger partial charge in [0, 0.05) is 25.6 Å². The molecule has 0 saturated carbocycles. The molecule has 2 aliphatic rings. The number of amides is 1. The van der Waals surface area contributed by atoms with Gasteiger partial charge in [-0.05, 0) is 50.1 Å². The monoisotopic (exact) mass is 312 g/mol. The minimum absolute atomic E-state index is 0.198.